The smallest absolute Gasteiger partial charge is 0.416 e. The lowest BCUT2D eigenvalue weighted by Crippen LogP contribution is -2.24. The fourth-order valence-corrected chi connectivity index (χ4v) is 4.62. The molecule has 0 saturated carbocycles. The maximum absolute atomic E-state index is 13.5. The number of halogens is 3. The molecule has 14 heteroatoms. The molecule has 1 aromatic heterocycles. The molecule has 43 heavy (non-hydrogen) atoms. The van der Waals surface area contributed by atoms with Gasteiger partial charge in [-0.1, -0.05) is 23.9 Å². The van der Waals surface area contributed by atoms with Gasteiger partial charge in [0.05, 0.1) is 42.8 Å². The predicted molar refractivity (Wildman–Crippen MR) is 152 cm³/mol. The molecule has 2 amide bonds. The van der Waals surface area contributed by atoms with Crippen molar-refractivity contribution in [2.75, 3.05) is 24.8 Å². The number of alkyl halides is 3. The fourth-order valence-electron chi connectivity index (χ4n) is 3.85. The van der Waals surface area contributed by atoms with Gasteiger partial charge in [0.25, 0.3) is 5.91 Å². The number of benzene rings is 3. The lowest BCUT2D eigenvalue weighted by atomic mass is 10.2. The zero-order valence-corrected chi connectivity index (χ0v) is 23.8. The molecule has 3 aromatic carbocycles. The van der Waals surface area contributed by atoms with Gasteiger partial charge in [-0.05, 0) is 67.6 Å². The van der Waals surface area contributed by atoms with E-state index in [1.165, 1.54) is 42.0 Å². The number of hydrogen-bond donors (Lipinski definition) is 2. The Kier molecular flexibility index (Phi) is 10.0. The second-order valence-electron chi connectivity index (χ2n) is 8.83. The lowest BCUT2D eigenvalue weighted by molar-refractivity contribution is -0.137. The third-order valence-electron chi connectivity index (χ3n) is 5.88. The molecule has 0 unspecified atom stereocenters. The summed E-state index contributed by atoms with van der Waals surface area (Å²) in [5.41, 5.74) is 0.285. The summed E-state index contributed by atoms with van der Waals surface area (Å²) >= 11 is 0.946. The van der Waals surface area contributed by atoms with Crippen LogP contribution >= 0.6 is 11.8 Å². The van der Waals surface area contributed by atoms with E-state index in [0.717, 1.165) is 23.9 Å². The molecule has 0 bridgehead atoms. The van der Waals surface area contributed by atoms with Crippen LogP contribution in [-0.2, 0) is 22.3 Å². The van der Waals surface area contributed by atoms with Gasteiger partial charge in [-0.25, -0.2) is 4.79 Å². The van der Waals surface area contributed by atoms with Crippen LogP contribution in [0, 0.1) is 0 Å². The van der Waals surface area contributed by atoms with Crippen molar-refractivity contribution in [1.29, 1.82) is 0 Å². The molecule has 2 N–H and O–H groups in total. The monoisotopic (exact) mass is 613 g/mol. The molecule has 0 aliphatic heterocycles. The number of carbonyl (C=O) groups is 3. The first-order valence-electron chi connectivity index (χ1n) is 12.8. The number of methoxy groups -OCH3 is 1. The van der Waals surface area contributed by atoms with E-state index in [-0.39, 0.29) is 35.6 Å². The van der Waals surface area contributed by atoms with Crippen LogP contribution in [0.4, 0.5) is 18.9 Å². The second kappa shape index (κ2) is 13.9. The van der Waals surface area contributed by atoms with Gasteiger partial charge >= 0.3 is 12.1 Å². The first-order chi connectivity index (χ1) is 20.6. The van der Waals surface area contributed by atoms with Crippen molar-refractivity contribution in [2.45, 2.75) is 24.8 Å². The molecule has 1 heterocycles. The SMILES string of the molecule is CCOC(=O)c1ccc(NC(=O)CSc2nnc(CNC(=O)c3cccc(OC)c3)n2-c2cccc(C(F)(F)F)c2)cc1. The van der Waals surface area contributed by atoms with E-state index in [0.29, 0.717) is 22.6 Å². The second-order valence-corrected chi connectivity index (χ2v) is 9.77. The van der Waals surface area contributed by atoms with Crippen LogP contribution < -0.4 is 15.4 Å². The van der Waals surface area contributed by atoms with Gasteiger partial charge in [-0.3, -0.25) is 14.2 Å². The molecular weight excluding hydrogens is 587 g/mol. The van der Waals surface area contributed by atoms with Crippen LogP contribution in [0.15, 0.2) is 78.0 Å². The van der Waals surface area contributed by atoms with Crippen molar-refractivity contribution in [3.05, 3.63) is 95.3 Å². The summed E-state index contributed by atoms with van der Waals surface area (Å²) in [7, 11) is 1.47. The molecule has 0 radical (unpaired) electrons. The minimum absolute atomic E-state index is 0.0999. The number of nitrogens with one attached hydrogen (secondary N) is 2. The van der Waals surface area contributed by atoms with Crippen molar-refractivity contribution in [2.24, 2.45) is 0 Å². The third-order valence-corrected chi connectivity index (χ3v) is 6.81. The number of ether oxygens (including phenoxy) is 2. The highest BCUT2D eigenvalue weighted by atomic mass is 32.2. The Balaban J connectivity index is 1.52. The van der Waals surface area contributed by atoms with Gasteiger partial charge in [0.2, 0.25) is 5.91 Å². The molecular formula is C29H26F3N5O5S. The van der Waals surface area contributed by atoms with E-state index in [4.69, 9.17) is 9.47 Å². The van der Waals surface area contributed by atoms with Crippen LogP contribution in [0.1, 0.15) is 39.0 Å². The molecule has 0 spiro atoms. The van der Waals surface area contributed by atoms with Crippen LogP contribution in [-0.4, -0.2) is 52.0 Å². The Morgan fingerprint density at radius 3 is 2.40 bits per heavy atom. The fraction of sp³-hybridized carbons (Fsp3) is 0.207. The van der Waals surface area contributed by atoms with Gasteiger partial charge < -0.3 is 20.1 Å². The molecule has 0 fully saturated rings. The number of thioether (sulfide) groups is 1. The van der Waals surface area contributed by atoms with E-state index >= 15 is 0 Å². The Labute approximate surface area is 248 Å². The summed E-state index contributed by atoms with van der Waals surface area (Å²) in [6.07, 6.45) is -4.60. The van der Waals surface area contributed by atoms with Crippen molar-refractivity contribution in [3.8, 4) is 11.4 Å². The Morgan fingerprint density at radius 1 is 0.953 bits per heavy atom. The third kappa shape index (κ3) is 8.13. The number of esters is 1. The van der Waals surface area contributed by atoms with Gasteiger partial charge in [-0.15, -0.1) is 10.2 Å². The number of hydrogen-bond acceptors (Lipinski definition) is 8. The summed E-state index contributed by atoms with van der Waals surface area (Å²) in [6.45, 7) is 1.76. The van der Waals surface area contributed by atoms with Crippen LogP contribution in [0.5, 0.6) is 5.75 Å². The summed E-state index contributed by atoms with van der Waals surface area (Å²) in [6, 6.07) is 17.1. The van der Waals surface area contributed by atoms with E-state index in [1.807, 2.05) is 0 Å². The molecule has 0 atom stereocenters. The first kappa shape index (κ1) is 31.1. The maximum atomic E-state index is 13.5. The van der Waals surface area contributed by atoms with Gasteiger partial charge in [-0.2, -0.15) is 13.2 Å². The van der Waals surface area contributed by atoms with Crippen molar-refractivity contribution < 1.29 is 37.0 Å². The molecule has 4 rings (SSSR count). The maximum Gasteiger partial charge on any atom is 0.416 e. The number of rotatable bonds is 11. The Hall–Kier alpha value is -4.85. The Morgan fingerprint density at radius 2 is 1.70 bits per heavy atom. The quantitative estimate of drug-likeness (QED) is 0.176. The summed E-state index contributed by atoms with van der Waals surface area (Å²) < 4.78 is 51.9. The molecule has 4 aromatic rings. The largest absolute Gasteiger partial charge is 0.497 e. The number of aromatic nitrogens is 3. The van der Waals surface area contributed by atoms with E-state index < -0.39 is 29.5 Å². The minimum Gasteiger partial charge on any atom is -0.497 e. The van der Waals surface area contributed by atoms with Crippen molar-refractivity contribution in [3.63, 3.8) is 0 Å². The van der Waals surface area contributed by atoms with Gasteiger partial charge in [0.1, 0.15) is 5.75 Å². The van der Waals surface area contributed by atoms with E-state index in [2.05, 4.69) is 20.8 Å². The first-order valence-corrected chi connectivity index (χ1v) is 13.8. The van der Waals surface area contributed by atoms with Crippen molar-refractivity contribution in [1.82, 2.24) is 20.1 Å². The number of amides is 2. The molecule has 224 valence electrons. The number of anilines is 1. The highest BCUT2D eigenvalue weighted by Gasteiger charge is 2.31. The zero-order chi connectivity index (χ0) is 31.0. The average Bonchev–Trinajstić information content (AvgIpc) is 3.41. The Bertz CT molecular complexity index is 1610. The molecule has 10 nitrogen and oxygen atoms in total. The number of nitrogens with zero attached hydrogens (tertiary/aromatic N) is 3. The molecule has 0 aliphatic rings. The van der Waals surface area contributed by atoms with Crippen LogP contribution in [0.25, 0.3) is 5.69 Å². The van der Waals surface area contributed by atoms with E-state index in [1.54, 1.807) is 37.3 Å². The topological polar surface area (TPSA) is 124 Å². The van der Waals surface area contributed by atoms with Crippen LogP contribution in [0.2, 0.25) is 0 Å². The standard InChI is InChI=1S/C29H26F3N5O5S/c1-3-42-27(40)18-10-12-21(13-11-18)34-25(38)17-43-28-36-35-24(16-33-26(39)19-6-4-9-23(14-19)41-2)37(28)22-8-5-7-20(15-22)29(30,31)32/h4-15H,3,16-17H2,1-2H3,(H,33,39)(H,34,38). The van der Waals surface area contributed by atoms with Gasteiger partial charge in [0, 0.05) is 11.3 Å². The summed E-state index contributed by atoms with van der Waals surface area (Å²) in [4.78, 5) is 37.3. The normalized spacial score (nSPS) is 11.1. The average molecular weight is 614 g/mol. The number of carbonyl (C=O) groups excluding carboxylic acids is 3. The molecule has 0 saturated heterocycles. The highest BCUT2D eigenvalue weighted by molar-refractivity contribution is 7.99. The highest BCUT2D eigenvalue weighted by Crippen LogP contribution is 2.32. The zero-order valence-electron chi connectivity index (χ0n) is 23.0. The summed E-state index contributed by atoms with van der Waals surface area (Å²) in [5, 5.41) is 13.7. The predicted octanol–water partition coefficient (Wildman–Crippen LogP) is 5.13. The summed E-state index contributed by atoms with van der Waals surface area (Å²) in [5.74, 6) is -0.909. The van der Waals surface area contributed by atoms with E-state index in [9.17, 15) is 27.6 Å². The van der Waals surface area contributed by atoms with Gasteiger partial charge in [0.15, 0.2) is 11.0 Å². The minimum atomic E-state index is -4.60. The molecule has 0 aliphatic carbocycles. The van der Waals surface area contributed by atoms with Crippen molar-refractivity contribution >= 4 is 35.2 Å². The van der Waals surface area contributed by atoms with Crippen LogP contribution in [0.3, 0.4) is 0 Å². The lowest BCUT2D eigenvalue weighted by Gasteiger charge is -2.14.